The molecule has 0 aliphatic carbocycles. The molecule has 0 nitrogen and oxygen atoms in total. The predicted octanol–water partition coefficient (Wildman–Crippen LogP) is 1.90. The Kier molecular flexibility index (Phi) is 2.78. The molecule has 0 aromatic heterocycles. The van der Waals surface area contributed by atoms with Crippen LogP contribution in [0.1, 0.15) is 0 Å². The first-order valence-corrected chi connectivity index (χ1v) is 1.67. The molecule has 0 aliphatic rings. The zero-order chi connectivity index (χ0) is 6.57. The van der Waals surface area contributed by atoms with E-state index >= 15 is 0 Å². The summed E-state index contributed by atoms with van der Waals surface area (Å²) >= 11 is 0. The molecule has 0 aliphatic heterocycles. The van der Waals surface area contributed by atoms with Gasteiger partial charge in [-0.2, -0.15) is 13.2 Å². The van der Waals surface area contributed by atoms with Crippen LogP contribution in [0, 0.1) is 18.8 Å². The van der Waals surface area contributed by atoms with E-state index in [2.05, 4.69) is 6.92 Å². The van der Waals surface area contributed by atoms with Crippen molar-refractivity contribution in [3.05, 3.63) is 18.8 Å². The molecule has 0 rings (SSSR count). The maximum absolute atomic E-state index is 11.4. The lowest BCUT2D eigenvalue weighted by atomic mass is 10.5. The Morgan fingerprint density at radius 1 is 1.25 bits per heavy atom. The number of hydrogen-bond acceptors (Lipinski definition) is 0. The van der Waals surface area contributed by atoms with E-state index in [-0.39, 0.29) is 0 Å². The Hall–Kier alpha value is -0.910. The lowest BCUT2D eigenvalue weighted by Crippen LogP contribution is -1.66. The van der Waals surface area contributed by atoms with Crippen LogP contribution >= 0.6 is 0 Å². The van der Waals surface area contributed by atoms with Crippen LogP contribution in [0.15, 0.2) is 11.9 Å². The van der Waals surface area contributed by atoms with Gasteiger partial charge in [-0.15, -0.1) is 0 Å². The summed E-state index contributed by atoms with van der Waals surface area (Å²) in [4.78, 5) is 0. The van der Waals surface area contributed by atoms with Gasteiger partial charge in [-0.1, -0.05) is 5.92 Å². The number of hydrogen-bond donors (Lipinski definition) is 0. The lowest BCUT2D eigenvalue weighted by molar-refractivity contribution is 0.389. The van der Waals surface area contributed by atoms with E-state index in [0.717, 1.165) is 0 Å². The van der Waals surface area contributed by atoms with Gasteiger partial charge >= 0.3 is 6.08 Å². The van der Waals surface area contributed by atoms with Gasteiger partial charge in [-0.05, 0) is 5.92 Å². The van der Waals surface area contributed by atoms with Crippen LogP contribution in [-0.4, -0.2) is 0 Å². The third-order valence-corrected chi connectivity index (χ3v) is 0.364. The second-order valence-electron chi connectivity index (χ2n) is 0.876. The largest absolute Gasteiger partial charge is 0.314 e. The van der Waals surface area contributed by atoms with Crippen molar-refractivity contribution in [2.24, 2.45) is 0 Å². The van der Waals surface area contributed by atoms with Gasteiger partial charge in [0.2, 0.25) is 5.83 Å². The molecule has 0 saturated heterocycles. The molecule has 0 bridgehead atoms. The van der Waals surface area contributed by atoms with E-state index in [1.165, 1.54) is 5.92 Å². The highest BCUT2D eigenvalue weighted by Gasteiger charge is 1.97. The molecule has 0 amide bonds. The van der Waals surface area contributed by atoms with Crippen molar-refractivity contribution in [1.29, 1.82) is 0 Å². The SMILES string of the molecule is [CH2]C#CC(F)=C(F)F. The Bertz CT molecular complexity index is 154. The molecule has 8 heavy (non-hydrogen) atoms. The normalized spacial score (nSPS) is 7.00. The molecule has 1 radical (unpaired) electrons. The summed E-state index contributed by atoms with van der Waals surface area (Å²) in [5.74, 6) is 1.47. The first-order valence-electron chi connectivity index (χ1n) is 1.67. The molecule has 0 aromatic carbocycles. The second kappa shape index (κ2) is 3.14. The minimum absolute atomic E-state index is 1.45. The van der Waals surface area contributed by atoms with Gasteiger partial charge in [-0.3, -0.25) is 0 Å². The number of rotatable bonds is 0. The van der Waals surface area contributed by atoms with Crippen molar-refractivity contribution >= 4 is 0 Å². The molecule has 0 spiro atoms. The molecule has 0 fully saturated rings. The monoisotopic (exact) mass is 119 g/mol. The molecule has 0 atom stereocenters. The van der Waals surface area contributed by atoms with Crippen molar-refractivity contribution in [2.45, 2.75) is 0 Å². The topological polar surface area (TPSA) is 0 Å². The maximum atomic E-state index is 11.4. The molecule has 3 heteroatoms. The summed E-state index contributed by atoms with van der Waals surface area (Å²) in [6, 6.07) is 0. The summed E-state index contributed by atoms with van der Waals surface area (Å²) in [6.45, 7) is 2.84. The van der Waals surface area contributed by atoms with Gasteiger partial charge in [0.25, 0.3) is 0 Å². The van der Waals surface area contributed by atoms with Crippen molar-refractivity contribution in [3.8, 4) is 11.8 Å². The van der Waals surface area contributed by atoms with E-state index in [1.807, 2.05) is 0 Å². The zero-order valence-electron chi connectivity index (χ0n) is 3.84. The van der Waals surface area contributed by atoms with Crippen LogP contribution in [0.2, 0.25) is 0 Å². The molecular weight excluding hydrogens is 117 g/mol. The molecule has 0 aromatic rings. The van der Waals surface area contributed by atoms with Gasteiger partial charge in [0.15, 0.2) is 0 Å². The van der Waals surface area contributed by atoms with Gasteiger partial charge in [-0.25, -0.2) is 0 Å². The molecule has 0 heterocycles. The zero-order valence-corrected chi connectivity index (χ0v) is 3.84. The Balaban J connectivity index is 4.16. The first kappa shape index (κ1) is 7.09. The lowest BCUT2D eigenvalue weighted by Gasteiger charge is -1.75. The molecular formula is C5H2F3. The summed E-state index contributed by atoms with van der Waals surface area (Å²) in [6.07, 6.45) is -2.40. The fourth-order valence-electron chi connectivity index (χ4n) is 0.125. The molecule has 0 saturated carbocycles. The van der Waals surface area contributed by atoms with Crippen molar-refractivity contribution < 1.29 is 13.2 Å². The fraction of sp³-hybridized carbons (Fsp3) is 0. The smallest absolute Gasteiger partial charge is 0.191 e. The average Bonchev–Trinajstić information content (AvgIpc) is 1.67. The second-order valence-corrected chi connectivity index (χ2v) is 0.876. The molecule has 0 N–H and O–H groups in total. The minimum atomic E-state index is -2.40. The summed E-state index contributed by atoms with van der Waals surface area (Å²) < 4.78 is 33.4. The summed E-state index contributed by atoms with van der Waals surface area (Å²) in [7, 11) is 0. The van der Waals surface area contributed by atoms with Crippen LogP contribution in [0.4, 0.5) is 13.2 Å². The van der Waals surface area contributed by atoms with Gasteiger partial charge < -0.3 is 0 Å². The van der Waals surface area contributed by atoms with Gasteiger partial charge in [0.1, 0.15) is 0 Å². The summed E-state index contributed by atoms with van der Waals surface area (Å²) in [5.41, 5.74) is 0. The first-order chi connectivity index (χ1) is 3.68. The fourth-order valence-corrected chi connectivity index (χ4v) is 0.125. The van der Waals surface area contributed by atoms with Crippen LogP contribution in [0.5, 0.6) is 0 Å². The van der Waals surface area contributed by atoms with E-state index in [0.29, 0.717) is 0 Å². The van der Waals surface area contributed by atoms with Crippen molar-refractivity contribution in [2.75, 3.05) is 0 Å². The van der Waals surface area contributed by atoms with E-state index < -0.39 is 11.9 Å². The van der Waals surface area contributed by atoms with E-state index in [4.69, 9.17) is 0 Å². The Morgan fingerprint density at radius 3 is 1.88 bits per heavy atom. The van der Waals surface area contributed by atoms with Crippen LogP contribution in [0.3, 0.4) is 0 Å². The van der Waals surface area contributed by atoms with Gasteiger partial charge in [0, 0.05) is 6.92 Å². The van der Waals surface area contributed by atoms with Gasteiger partial charge in [0.05, 0.1) is 0 Å². The Labute approximate surface area is 45.0 Å². The van der Waals surface area contributed by atoms with Crippen molar-refractivity contribution in [3.63, 3.8) is 0 Å². The Morgan fingerprint density at radius 2 is 1.75 bits per heavy atom. The summed E-state index contributed by atoms with van der Waals surface area (Å²) in [5, 5.41) is 0. The predicted molar refractivity (Wildman–Crippen MR) is 23.5 cm³/mol. The van der Waals surface area contributed by atoms with E-state index in [9.17, 15) is 13.2 Å². The maximum Gasteiger partial charge on any atom is 0.314 e. The standard InChI is InChI=1S/C5H2F3/c1-2-3-4(6)5(7)8/h1H2. The third kappa shape index (κ3) is 2.30. The van der Waals surface area contributed by atoms with E-state index in [1.54, 1.807) is 5.92 Å². The average molecular weight is 119 g/mol. The third-order valence-electron chi connectivity index (χ3n) is 0.364. The quantitative estimate of drug-likeness (QED) is 0.427. The van der Waals surface area contributed by atoms with Crippen LogP contribution in [-0.2, 0) is 0 Å². The number of halogens is 3. The molecule has 0 unspecified atom stereocenters. The van der Waals surface area contributed by atoms with Crippen LogP contribution < -0.4 is 0 Å². The minimum Gasteiger partial charge on any atom is -0.191 e. The highest BCUT2D eigenvalue weighted by Crippen LogP contribution is 2.06. The highest BCUT2D eigenvalue weighted by molar-refractivity contribution is 5.23. The van der Waals surface area contributed by atoms with Crippen LogP contribution in [0.25, 0.3) is 0 Å². The highest BCUT2D eigenvalue weighted by atomic mass is 19.3. The van der Waals surface area contributed by atoms with Crippen molar-refractivity contribution in [1.82, 2.24) is 0 Å². The molecule has 43 valence electrons. The number of allylic oxidation sites excluding steroid dienone is 1.